The minimum Gasteiger partial charge on any atom is -0.390 e. The molecule has 2 nitrogen and oxygen atoms in total. The van der Waals surface area contributed by atoms with Crippen LogP contribution in [0.1, 0.15) is 36.5 Å². The average Bonchev–Trinajstić information content (AvgIpc) is 2.63. The molecule has 0 spiro atoms. The first-order valence-corrected chi connectivity index (χ1v) is 6.14. The Labute approximate surface area is 97.5 Å². The Morgan fingerprint density at radius 3 is 2.81 bits per heavy atom. The number of benzene rings is 1. The molecule has 3 N–H and O–H groups in total. The molecule has 2 heteroatoms. The van der Waals surface area contributed by atoms with Gasteiger partial charge >= 0.3 is 0 Å². The van der Waals surface area contributed by atoms with Gasteiger partial charge in [0.25, 0.3) is 0 Å². The van der Waals surface area contributed by atoms with Gasteiger partial charge in [0, 0.05) is 6.42 Å². The topological polar surface area (TPSA) is 46.2 Å². The van der Waals surface area contributed by atoms with Gasteiger partial charge in [-0.05, 0) is 55.8 Å². The summed E-state index contributed by atoms with van der Waals surface area (Å²) in [5, 5.41) is 10.1. The van der Waals surface area contributed by atoms with E-state index in [2.05, 4.69) is 18.2 Å². The summed E-state index contributed by atoms with van der Waals surface area (Å²) >= 11 is 0. The normalized spacial score (nSPS) is 18.2. The van der Waals surface area contributed by atoms with E-state index in [1.54, 1.807) is 0 Å². The number of hydrogen-bond acceptors (Lipinski definition) is 2. The first kappa shape index (κ1) is 11.6. The number of fused-ring (bicyclic) bond motifs is 1. The zero-order chi connectivity index (χ0) is 11.6. The van der Waals surface area contributed by atoms with Crippen LogP contribution in [-0.2, 0) is 19.3 Å². The largest absolute Gasteiger partial charge is 0.390 e. The molecule has 0 amide bonds. The van der Waals surface area contributed by atoms with Crippen LogP contribution in [0.5, 0.6) is 0 Å². The maximum atomic E-state index is 10.1. The van der Waals surface area contributed by atoms with Crippen LogP contribution < -0.4 is 5.73 Å². The van der Waals surface area contributed by atoms with Crippen LogP contribution in [0.2, 0.25) is 0 Å². The molecule has 0 heterocycles. The van der Waals surface area contributed by atoms with Crippen molar-refractivity contribution in [2.45, 2.75) is 44.6 Å². The van der Waals surface area contributed by atoms with Crippen LogP contribution in [0.15, 0.2) is 18.2 Å². The molecule has 1 aliphatic rings. The number of rotatable bonds is 4. The van der Waals surface area contributed by atoms with E-state index in [-0.39, 0.29) is 0 Å². The Morgan fingerprint density at radius 2 is 2.06 bits per heavy atom. The SMILES string of the molecule is CC(O)(CCN)Cc1ccc2c(c1)CCC2. The van der Waals surface area contributed by atoms with Gasteiger partial charge in [0.2, 0.25) is 0 Å². The molecule has 1 unspecified atom stereocenters. The Hall–Kier alpha value is -0.860. The molecule has 2 rings (SSSR count). The average molecular weight is 219 g/mol. The highest BCUT2D eigenvalue weighted by atomic mass is 16.3. The van der Waals surface area contributed by atoms with Crippen molar-refractivity contribution in [1.29, 1.82) is 0 Å². The Kier molecular flexibility index (Phi) is 3.31. The first-order valence-electron chi connectivity index (χ1n) is 6.14. The van der Waals surface area contributed by atoms with E-state index in [0.717, 1.165) is 0 Å². The monoisotopic (exact) mass is 219 g/mol. The van der Waals surface area contributed by atoms with Crippen molar-refractivity contribution in [2.24, 2.45) is 5.73 Å². The summed E-state index contributed by atoms with van der Waals surface area (Å²) in [6.45, 7) is 2.41. The zero-order valence-electron chi connectivity index (χ0n) is 10.00. The van der Waals surface area contributed by atoms with Gasteiger partial charge in [-0.25, -0.2) is 0 Å². The van der Waals surface area contributed by atoms with Crippen molar-refractivity contribution in [2.75, 3.05) is 6.54 Å². The fourth-order valence-electron chi connectivity index (χ4n) is 2.57. The minimum absolute atomic E-state index is 0.540. The molecule has 0 aliphatic heterocycles. The van der Waals surface area contributed by atoms with Gasteiger partial charge < -0.3 is 10.8 Å². The maximum Gasteiger partial charge on any atom is 0.0671 e. The summed E-state index contributed by atoms with van der Waals surface area (Å²) in [4.78, 5) is 0. The summed E-state index contributed by atoms with van der Waals surface area (Å²) in [5.74, 6) is 0. The summed E-state index contributed by atoms with van der Waals surface area (Å²) in [6, 6.07) is 6.62. The third-order valence-corrected chi connectivity index (χ3v) is 3.43. The minimum atomic E-state index is -0.665. The summed E-state index contributed by atoms with van der Waals surface area (Å²) in [7, 11) is 0. The molecule has 1 aromatic carbocycles. The number of hydrogen-bond donors (Lipinski definition) is 2. The van der Waals surface area contributed by atoms with Crippen molar-refractivity contribution in [1.82, 2.24) is 0 Å². The Bertz CT molecular complexity index is 371. The smallest absolute Gasteiger partial charge is 0.0671 e. The first-order chi connectivity index (χ1) is 7.61. The molecule has 0 saturated carbocycles. The third kappa shape index (κ3) is 2.63. The number of aliphatic hydroxyl groups is 1. The summed E-state index contributed by atoms with van der Waals surface area (Å²) in [6.07, 6.45) is 5.05. The quantitative estimate of drug-likeness (QED) is 0.811. The Balaban J connectivity index is 2.10. The van der Waals surface area contributed by atoms with E-state index in [1.807, 2.05) is 6.92 Å². The van der Waals surface area contributed by atoms with Crippen molar-refractivity contribution in [3.05, 3.63) is 34.9 Å². The van der Waals surface area contributed by atoms with Gasteiger partial charge in [-0.15, -0.1) is 0 Å². The fourth-order valence-corrected chi connectivity index (χ4v) is 2.57. The molecule has 1 aliphatic carbocycles. The van der Waals surface area contributed by atoms with Crippen LogP contribution in [0.25, 0.3) is 0 Å². The molecule has 0 fully saturated rings. The fraction of sp³-hybridized carbons (Fsp3) is 0.571. The van der Waals surface area contributed by atoms with Gasteiger partial charge in [0.05, 0.1) is 5.60 Å². The lowest BCUT2D eigenvalue weighted by atomic mass is 9.92. The van der Waals surface area contributed by atoms with E-state index in [0.29, 0.717) is 19.4 Å². The number of aryl methyl sites for hydroxylation is 2. The highest BCUT2D eigenvalue weighted by molar-refractivity contribution is 5.35. The van der Waals surface area contributed by atoms with Gasteiger partial charge in [-0.2, -0.15) is 0 Å². The summed E-state index contributed by atoms with van der Waals surface area (Å²) < 4.78 is 0. The third-order valence-electron chi connectivity index (χ3n) is 3.43. The molecule has 88 valence electrons. The molecule has 1 aromatic rings. The van der Waals surface area contributed by atoms with Crippen LogP contribution in [0, 0.1) is 0 Å². The number of nitrogens with two attached hydrogens (primary N) is 1. The summed E-state index contributed by atoms with van der Waals surface area (Å²) in [5.41, 5.74) is 9.03. The predicted molar refractivity (Wildman–Crippen MR) is 66.5 cm³/mol. The predicted octanol–water partition coefficient (Wildman–Crippen LogP) is 1.82. The second-order valence-corrected chi connectivity index (χ2v) is 5.17. The lowest BCUT2D eigenvalue weighted by molar-refractivity contribution is 0.0539. The maximum absolute atomic E-state index is 10.1. The van der Waals surface area contributed by atoms with Crippen molar-refractivity contribution < 1.29 is 5.11 Å². The zero-order valence-corrected chi connectivity index (χ0v) is 10.00. The van der Waals surface area contributed by atoms with Crippen LogP contribution >= 0.6 is 0 Å². The second-order valence-electron chi connectivity index (χ2n) is 5.17. The van der Waals surface area contributed by atoms with E-state index < -0.39 is 5.60 Å². The van der Waals surface area contributed by atoms with Gasteiger partial charge in [-0.3, -0.25) is 0 Å². The highest BCUT2D eigenvalue weighted by Gasteiger charge is 2.20. The molecule has 16 heavy (non-hydrogen) atoms. The molecule has 0 radical (unpaired) electrons. The van der Waals surface area contributed by atoms with E-state index in [9.17, 15) is 5.11 Å². The Morgan fingerprint density at radius 1 is 1.31 bits per heavy atom. The molecule has 0 bridgehead atoms. The standard InChI is InChI=1S/C14H21NO/c1-14(16,7-8-15)10-11-5-6-12-3-2-4-13(12)9-11/h5-6,9,16H,2-4,7-8,10,15H2,1H3. The molecule has 0 aromatic heterocycles. The van der Waals surface area contributed by atoms with Crippen LogP contribution in [0.3, 0.4) is 0 Å². The second kappa shape index (κ2) is 4.56. The van der Waals surface area contributed by atoms with Crippen molar-refractivity contribution in [3.63, 3.8) is 0 Å². The lowest BCUT2D eigenvalue weighted by Crippen LogP contribution is -2.30. The van der Waals surface area contributed by atoms with Gasteiger partial charge in [-0.1, -0.05) is 18.2 Å². The van der Waals surface area contributed by atoms with Gasteiger partial charge in [0.1, 0.15) is 0 Å². The molecule has 0 saturated heterocycles. The molecular weight excluding hydrogens is 198 g/mol. The molecule has 1 atom stereocenters. The van der Waals surface area contributed by atoms with E-state index >= 15 is 0 Å². The van der Waals surface area contributed by atoms with Crippen LogP contribution in [0.4, 0.5) is 0 Å². The van der Waals surface area contributed by atoms with Crippen molar-refractivity contribution >= 4 is 0 Å². The van der Waals surface area contributed by atoms with E-state index in [4.69, 9.17) is 5.73 Å². The van der Waals surface area contributed by atoms with Crippen LogP contribution in [-0.4, -0.2) is 17.3 Å². The van der Waals surface area contributed by atoms with Gasteiger partial charge in [0.15, 0.2) is 0 Å². The highest BCUT2D eigenvalue weighted by Crippen LogP contribution is 2.25. The molecular formula is C14H21NO. The van der Waals surface area contributed by atoms with Crippen molar-refractivity contribution in [3.8, 4) is 0 Å². The lowest BCUT2D eigenvalue weighted by Gasteiger charge is -2.22. The van der Waals surface area contributed by atoms with E-state index in [1.165, 1.54) is 36.0 Å².